The summed E-state index contributed by atoms with van der Waals surface area (Å²) in [4.78, 5) is 0. The van der Waals surface area contributed by atoms with Gasteiger partial charge < -0.3 is 0 Å². The largest absolute Gasteiger partial charge is 0.0651 e. The highest BCUT2D eigenvalue weighted by atomic mass is 14.1. The Morgan fingerprint density at radius 3 is 1.56 bits per heavy atom. The van der Waals surface area contributed by atoms with Crippen molar-refractivity contribution < 1.29 is 0 Å². The topological polar surface area (TPSA) is 0 Å². The van der Waals surface area contributed by atoms with E-state index in [9.17, 15) is 0 Å². The maximum Gasteiger partial charge on any atom is -0.0417 e. The van der Waals surface area contributed by atoms with Crippen molar-refractivity contribution in [2.45, 2.75) is 47.0 Å². The molecule has 0 bridgehead atoms. The SMILES string of the molecule is CCC(CC)CC(C)C. The van der Waals surface area contributed by atoms with Crippen LogP contribution < -0.4 is 0 Å². The van der Waals surface area contributed by atoms with Gasteiger partial charge in [0.2, 0.25) is 0 Å². The third-order valence-corrected chi connectivity index (χ3v) is 1.96. The van der Waals surface area contributed by atoms with Gasteiger partial charge in [-0.25, -0.2) is 0 Å². The van der Waals surface area contributed by atoms with Crippen molar-refractivity contribution >= 4 is 0 Å². The molecular formula is C9H20. The molecule has 0 saturated carbocycles. The fraction of sp³-hybridized carbons (Fsp3) is 1.00. The fourth-order valence-electron chi connectivity index (χ4n) is 1.29. The zero-order valence-corrected chi connectivity index (χ0v) is 7.28. The van der Waals surface area contributed by atoms with Crippen LogP contribution in [-0.4, -0.2) is 0 Å². The monoisotopic (exact) mass is 128 g/mol. The second kappa shape index (κ2) is 4.84. The van der Waals surface area contributed by atoms with Gasteiger partial charge in [-0.15, -0.1) is 0 Å². The predicted octanol–water partition coefficient (Wildman–Crippen LogP) is 3.47. The average Bonchev–Trinajstić information content (AvgIpc) is 1.82. The molecule has 0 amide bonds. The van der Waals surface area contributed by atoms with Crippen LogP contribution in [-0.2, 0) is 0 Å². The Kier molecular flexibility index (Phi) is 4.84. The van der Waals surface area contributed by atoms with E-state index in [-0.39, 0.29) is 0 Å². The first-order chi connectivity index (χ1) is 4.20. The molecule has 0 nitrogen and oxygen atoms in total. The van der Waals surface area contributed by atoms with Crippen LogP contribution in [0, 0.1) is 11.8 Å². The predicted molar refractivity (Wildman–Crippen MR) is 43.5 cm³/mol. The molecule has 0 atom stereocenters. The van der Waals surface area contributed by atoms with Crippen LogP contribution in [0.5, 0.6) is 0 Å². The Labute approximate surface area is 59.7 Å². The molecule has 0 radical (unpaired) electrons. The molecule has 0 aromatic heterocycles. The number of hydrogen-bond acceptors (Lipinski definition) is 0. The molecule has 0 fully saturated rings. The summed E-state index contributed by atoms with van der Waals surface area (Å²) in [5.74, 6) is 1.86. The Bertz CT molecular complexity index is 51.1. The molecule has 0 aliphatic carbocycles. The third kappa shape index (κ3) is 4.50. The molecular weight excluding hydrogens is 108 g/mol. The van der Waals surface area contributed by atoms with Gasteiger partial charge in [0.25, 0.3) is 0 Å². The van der Waals surface area contributed by atoms with E-state index in [1.807, 2.05) is 0 Å². The highest BCUT2D eigenvalue weighted by Crippen LogP contribution is 2.17. The molecule has 9 heavy (non-hydrogen) atoms. The van der Waals surface area contributed by atoms with E-state index in [1.165, 1.54) is 19.3 Å². The molecule has 0 rings (SSSR count). The first-order valence-corrected chi connectivity index (χ1v) is 4.20. The Morgan fingerprint density at radius 2 is 1.44 bits per heavy atom. The van der Waals surface area contributed by atoms with Crippen molar-refractivity contribution in [1.29, 1.82) is 0 Å². The minimum Gasteiger partial charge on any atom is -0.0651 e. The zero-order chi connectivity index (χ0) is 7.28. The van der Waals surface area contributed by atoms with E-state index in [4.69, 9.17) is 0 Å². The first-order valence-electron chi connectivity index (χ1n) is 4.20. The van der Waals surface area contributed by atoms with E-state index in [1.54, 1.807) is 0 Å². The van der Waals surface area contributed by atoms with E-state index in [0.717, 1.165) is 11.8 Å². The number of hydrogen-bond donors (Lipinski definition) is 0. The molecule has 0 aromatic rings. The van der Waals surface area contributed by atoms with Crippen molar-refractivity contribution in [3.8, 4) is 0 Å². The van der Waals surface area contributed by atoms with Crippen LogP contribution in [0.15, 0.2) is 0 Å². The second-order valence-corrected chi connectivity index (χ2v) is 3.31. The van der Waals surface area contributed by atoms with E-state index < -0.39 is 0 Å². The summed E-state index contributed by atoms with van der Waals surface area (Å²) in [5.41, 5.74) is 0. The van der Waals surface area contributed by atoms with Gasteiger partial charge in [0.15, 0.2) is 0 Å². The van der Waals surface area contributed by atoms with E-state index >= 15 is 0 Å². The van der Waals surface area contributed by atoms with Crippen molar-refractivity contribution in [1.82, 2.24) is 0 Å². The molecule has 0 aromatic carbocycles. The van der Waals surface area contributed by atoms with E-state index in [0.29, 0.717) is 0 Å². The van der Waals surface area contributed by atoms with Crippen LogP contribution in [0.25, 0.3) is 0 Å². The molecule has 0 aliphatic rings. The minimum absolute atomic E-state index is 0.884. The smallest absolute Gasteiger partial charge is 0.0417 e. The molecule has 0 spiro atoms. The Morgan fingerprint density at radius 1 is 1.00 bits per heavy atom. The molecule has 0 unspecified atom stereocenters. The summed E-state index contributed by atoms with van der Waals surface area (Å²) < 4.78 is 0. The van der Waals surface area contributed by atoms with Gasteiger partial charge in [-0.1, -0.05) is 40.5 Å². The van der Waals surface area contributed by atoms with Gasteiger partial charge in [-0.05, 0) is 18.3 Å². The summed E-state index contributed by atoms with van der Waals surface area (Å²) in [7, 11) is 0. The number of rotatable bonds is 4. The van der Waals surface area contributed by atoms with Crippen LogP contribution >= 0.6 is 0 Å². The van der Waals surface area contributed by atoms with Crippen molar-refractivity contribution in [2.75, 3.05) is 0 Å². The Balaban J connectivity index is 3.31. The first kappa shape index (κ1) is 9.00. The lowest BCUT2D eigenvalue weighted by atomic mass is 9.93. The molecule has 0 saturated heterocycles. The van der Waals surface area contributed by atoms with Crippen molar-refractivity contribution in [3.63, 3.8) is 0 Å². The van der Waals surface area contributed by atoms with Gasteiger partial charge in [0, 0.05) is 0 Å². The normalized spacial score (nSPS) is 11.3. The maximum atomic E-state index is 2.30. The van der Waals surface area contributed by atoms with Gasteiger partial charge >= 0.3 is 0 Å². The summed E-state index contributed by atoms with van der Waals surface area (Å²) in [5, 5.41) is 0. The summed E-state index contributed by atoms with van der Waals surface area (Å²) >= 11 is 0. The lowest BCUT2D eigenvalue weighted by Crippen LogP contribution is -2.00. The van der Waals surface area contributed by atoms with Gasteiger partial charge in [0.1, 0.15) is 0 Å². The average molecular weight is 128 g/mol. The fourth-order valence-corrected chi connectivity index (χ4v) is 1.29. The van der Waals surface area contributed by atoms with Gasteiger partial charge in [-0.3, -0.25) is 0 Å². The van der Waals surface area contributed by atoms with Gasteiger partial charge in [-0.2, -0.15) is 0 Å². The maximum absolute atomic E-state index is 2.30. The molecule has 0 aliphatic heterocycles. The summed E-state index contributed by atoms with van der Waals surface area (Å²) in [6.45, 7) is 9.18. The molecule has 0 heterocycles. The van der Waals surface area contributed by atoms with Crippen LogP contribution in [0.1, 0.15) is 47.0 Å². The second-order valence-electron chi connectivity index (χ2n) is 3.31. The van der Waals surface area contributed by atoms with Crippen molar-refractivity contribution in [2.24, 2.45) is 11.8 Å². The highest BCUT2D eigenvalue weighted by Gasteiger charge is 2.04. The lowest BCUT2D eigenvalue weighted by Gasteiger charge is -2.13. The highest BCUT2D eigenvalue weighted by molar-refractivity contribution is 4.56. The summed E-state index contributed by atoms with van der Waals surface area (Å²) in [6, 6.07) is 0. The molecule has 0 N–H and O–H groups in total. The standard InChI is InChI=1S/C9H20/c1-5-9(6-2)7-8(3)4/h8-9H,5-7H2,1-4H3. The Hall–Kier alpha value is 0. The molecule has 56 valence electrons. The summed E-state index contributed by atoms with van der Waals surface area (Å²) in [6.07, 6.45) is 4.12. The third-order valence-electron chi connectivity index (χ3n) is 1.96. The zero-order valence-electron chi connectivity index (χ0n) is 7.28. The van der Waals surface area contributed by atoms with Gasteiger partial charge in [0.05, 0.1) is 0 Å². The van der Waals surface area contributed by atoms with Crippen LogP contribution in [0.3, 0.4) is 0 Å². The lowest BCUT2D eigenvalue weighted by molar-refractivity contribution is 0.388. The quantitative estimate of drug-likeness (QED) is 0.544. The van der Waals surface area contributed by atoms with Crippen molar-refractivity contribution in [3.05, 3.63) is 0 Å². The van der Waals surface area contributed by atoms with Crippen LogP contribution in [0.2, 0.25) is 0 Å². The van der Waals surface area contributed by atoms with Crippen LogP contribution in [0.4, 0.5) is 0 Å². The van der Waals surface area contributed by atoms with E-state index in [2.05, 4.69) is 27.7 Å². The molecule has 0 heteroatoms. The minimum atomic E-state index is 0.884.